The van der Waals surface area contributed by atoms with Crippen molar-refractivity contribution >= 4 is 22.8 Å². The van der Waals surface area contributed by atoms with Gasteiger partial charge in [-0.25, -0.2) is 4.79 Å². The van der Waals surface area contributed by atoms with Crippen molar-refractivity contribution in [2.45, 2.75) is 53.1 Å². The number of hydrogen-bond donors (Lipinski definition) is 2. The summed E-state index contributed by atoms with van der Waals surface area (Å²) in [5.41, 5.74) is 9.37. The minimum absolute atomic E-state index is 0.0867. The Morgan fingerprint density at radius 3 is 2.24 bits per heavy atom. The van der Waals surface area contributed by atoms with Crippen LogP contribution in [0.15, 0.2) is 91.0 Å². The van der Waals surface area contributed by atoms with Crippen molar-refractivity contribution in [2.24, 2.45) is 0 Å². The first kappa shape index (κ1) is 27.9. The van der Waals surface area contributed by atoms with Crippen molar-refractivity contribution in [1.29, 1.82) is 0 Å². The number of benzene rings is 4. The molecule has 0 aliphatic heterocycles. The van der Waals surface area contributed by atoms with Gasteiger partial charge in [-0.05, 0) is 84.3 Å². The van der Waals surface area contributed by atoms with Crippen molar-refractivity contribution < 1.29 is 14.7 Å². The van der Waals surface area contributed by atoms with E-state index in [-0.39, 0.29) is 11.9 Å². The molecule has 5 rings (SSSR count). The molecule has 1 aromatic heterocycles. The van der Waals surface area contributed by atoms with E-state index in [1.165, 1.54) is 5.56 Å². The normalized spacial score (nSPS) is 12.0. The summed E-state index contributed by atoms with van der Waals surface area (Å²) in [6, 6.07) is 29.3. The van der Waals surface area contributed by atoms with Crippen LogP contribution in [-0.2, 0) is 6.54 Å². The number of carboxylic acids is 1. The molecular weight excluding hydrogens is 508 g/mol. The van der Waals surface area contributed by atoms with Gasteiger partial charge in [0.15, 0.2) is 0 Å². The molecule has 5 heteroatoms. The fourth-order valence-electron chi connectivity index (χ4n) is 5.44. The van der Waals surface area contributed by atoms with Gasteiger partial charge in [0.2, 0.25) is 0 Å². The maximum Gasteiger partial charge on any atom is 0.336 e. The second kappa shape index (κ2) is 11.5. The highest BCUT2D eigenvalue weighted by Gasteiger charge is 2.17. The Bertz CT molecular complexity index is 1750. The summed E-state index contributed by atoms with van der Waals surface area (Å²) in [6.07, 6.45) is 0. The van der Waals surface area contributed by atoms with Gasteiger partial charge in [-0.3, -0.25) is 4.79 Å². The molecule has 4 aromatic carbocycles. The number of aromatic carboxylic acids is 1. The summed E-state index contributed by atoms with van der Waals surface area (Å²) >= 11 is 0. The smallest absolute Gasteiger partial charge is 0.336 e. The molecule has 0 unspecified atom stereocenters. The number of aryl methyl sites for hydroxylation is 1. The second-order valence-corrected chi connectivity index (χ2v) is 11.1. The molecule has 0 aliphatic rings. The summed E-state index contributed by atoms with van der Waals surface area (Å²) in [5.74, 6) is -0.587. The SMILES string of the molecule is Cc1c(C)n(Cc2ccc(-c3ccccc3C(=O)O)cc2)c2ccc(C(=O)N[C@H](C)c3cccc(C(C)C)c3)cc12. The standard InChI is InChI=1S/C36H36N2O3/c1-22(2)28-9-8-10-29(19-28)24(4)37-35(39)30-17-18-34-33(20-30)23(3)25(5)38(34)21-26-13-15-27(16-14-26)31-11-6-7-12-32(31)36(40)41/h6-20,22,24H,21H2,1-5H3,(H,37,39)(H,40,41)/t24-/m1/s1. The number of nitrogens with one attached hydrogen (secondary N) is 1. The molecule has 208 valence electrons. The lowest BCUT2D eigenvalue weighted by molar-refractivity contribution is 0.0697. The average molecular weight is 545 g/mol. The fourth-order valence-corrected chi connectivity index (χ4v) is 5.44. The van der Waals surface area contributed by atoms with Crippen LogP contribution in [0.1, 0.15) is 81.4 Å². The van der Waals surface area contributed by atoms with Gasteiger partial charge in [0, 0.05) is 28.7 Å². The lowest BCUT2D eigenvalue weighted by Crippen LogP contribution is -2.26. The highest BCUT2D eigenvalue weighted by atomic mass is 16.4. The number of hydrogen-bond acceptors (Lipinski definition) is 2. The van der Waals surface area contributed by atoms with E-state index < -0.39 is 5.97 Å². The van der Waals surface area contributed by atoms with Gasteiger partial charge < -0.3 is 15.0 Å². The zero-order chi connectivity index (χ0) is 29.3. The molecule has 5 nitrogen and oxygen atoms in total. The highest BCUT2D eigenvalue weighted by molar-refractivity contribution is 5.99. The van der Waals surface area contributed by atoms with Crippen molar-refractivity contribution in [1.82, 2.24) is 9.88 Å². The van der Waals surface area contributed by atoms with Crippen LogP contribution >= 0.6 is 0 Å². The highest BCUT2D eigenvalue weighted by Crippen LogP contribution is 2.29. The molecule has 2 N–H and O–H groups in total. The van der Waals surface area contributed by atoms with Gasteiger partial charge in [-0.15, -0.1) is 0 Å². The van der Waals surface area contributed by atoms with Crippen LogP contribution in [0.5, 0.6) is 0 Å². The van der Waals surface area contributed by atoms with Gasteiger partial charge in [0.25, 0.3) is 5.91 Å². The number of carboxylic acid groups (broad SMARTS) is 1. The zero-order valence-electron chi connectivity index (χ0n) is 24.2. The van der Waals surface area contributed by atoms with Crippen molar-refractivity contribution in [3.8, 4) is 11.1 Å². The molecule has 1 amide bonds. The molecule has 0 saturated heterocycles. The summed E-state index contributed by atoms with van der Waals surface area (Å²) in [6.45, 7) is 11.2. The first-order valence-electron chi connectivity index (χ1n) is 14.1. The van der Waals surface area contributed by atoms with E-state index in [4.69, 9.17) is 0 Å². The molecule has 0 aliphatic carbocycles. The van der Waals surface area contributed by atoms with Crippen LogP contribution in [0, 0.1) is 13.8 Å². The minimum atomic E-state index is -0.933. The number of carbonyl (C=O) groups is 2. The van der Waals surface area contributed by atoms with E-state index in [0.717, 1.165) is 38.9 Å². The molecule has 0 saturated carbocycles. The Morgan fingerprint density at radius 2 is 1.54 bits per heavy atom. The summed E-state index contributed by atoms with van der Waals surface area (Å²) in [5, 5.41) is 13.8. The lowest BCUT2D eigenvalue weighted by Gasteiger charge is -2.16. The Kier molecular flexibility index (Phi) is 7.80. The topological polar surface area (TPSA) is 71.3 Å². The van der Waals surface area contributed by atoms with Crippen LogP contribution in [0.4, 0.5) is 0 Å². The molecule has 0 fully saturated rings. The number of fused-ring (bicyclic) bond motifs is 1. The van der Waals surface area contributed by atoms with Crippen molar-refractivity contribution in [2.75, 3.05) is 0 Å². The third-order valence-electron chi connectivity index (χ3n) is 8.09. The van der Waals surface area contributed by atoms with Crippen molar-refractivity contribution in [3.63, 3.8) is 0 Å². The molecule has 0 radical (unpaired) electrons. The number of amides is 1. The largest absolute Gasteiger partial charge is 0.478 e. The Balaban J connectivity index is 1.37. The van der Waals surface area contributed by atoms with E-state index >= 15 is 0 Å². The minimum Gasteiger partial charge on any atom is -0.478 e. The zero-order valence-corrected chi connectivity index (χ0v) is 24.2. The third-order valence-corrected chi connectivity index (χ3v) is 8.09. The quantitative estimate of drug-likeness (QED) is 0.206. The van der Waals surface area contributed by atoms with Gasteiger partial charge in [-0.1, -0.05) is 80.6 Å². The predicted octanol–water partition coefficient (Wildman–Crippen LogP) is 8.29. The summed E-state index contributed by atoms with van der Waals surface area (Å²) < 4.78 is 2.27. The maximum absolute atomic E-state index is 13.2. The second-order valence-electron chi connectivity index (χ2n) is 11.1. The Hall–Kier alpha value is -4.64. The van der Waals surface area contributed by atoms with Gasteiger partial charge in [-0.2, -0.15) is 0 Å². The maximum atomic E-state index is 13.2. The van der Waals surface area contributed by atoms with Crippen LogP contribution in [0.2, 0.25) is 0 Å². The monoisotopic (exact) mass is 544 g/mol. The van der Waals surface area contributed by atoms with Crippen molar-refractivity contribution in [3.05, 3.63) is 130 Å². The van der Waals surface area contributed by atoms with Gasteiger partial charge >= 0.3 is 5.97 Å². The molecule has 1 atom stereocenters. The van der Waals surface area contributed by atoms with Crippen LogP contribution in [-0.4, -0.2) is 21.6 Å². The van der Waals surface area contributed by atoms with E-state index in [1.54, 1.807) is 12.1 Å². The molecule has 1 heterocycles. The van der Waals surface area contributed by atoms with E-state index in [9.17, 15) is 14.7 Å². The van der Waals surface area contributed by atoms with Crippen LogP contribution in [0.25, 0.3) is 22.0 Å². The average Bonchev–Trinajstić information content (AvgIpc) is 3.21. The predicted molar refractivity (Wildman–Crippen MR) is 166 cm³/mol. The number of aromatic nitrogens is 1. The van der Waals surface area contributed by atoms with E-state index in [2.05, 4.69) is 61.8 Å². The van der Waals surface area contributed by atoms with Crippen LogP contribution < -0.4 is 5.32 Å². The van der Waals surface area contributed by atoms with Crippen LogP contribution in [0.3, 0.4) is 0 Å². The first-order chi connectivity index (χ1) is 19.6. The Morgan fingerprint density at radius 1 is 0.829 bits per heavy atom. The number of carbonyl (C=O) groups excluding carboxylic acids is 1. The third kappa shape index (κ3) is 5.66. The molecule has 0 spiro atoms. The fraction of sp³-hybridized carbons (Fsp3) is 0.222. The first-order valence-corrected chi connectivity index (χ1v) is 14.1. The molecule has 5 aromatic rings. The molecular formula is C36H36N2O3. The molecule has 0 bridgehead atoms. The Labute approximate surface area is 241 Å². The summed E-state index contributed by atoms with van der Waals surface area (Å²) in [4.78, 5) is 24.9. The number of rotatable bonds is 8. The van der Waals surface area contributed by atoms with E-state index in [1.807, 2.05) is 61.5 Å². The lowest BCUT2D eigenvalue weighted by atomic mass is 9.98. The molecule has 41 heavy (non-hydrogen) atoms. The van der Waals surface area contributed by atoms with E-state index in [0.29, 0.717) is 29.2 Å². The number of nitrogens with zero attached hydrogens (tertiary/aromatic N) is 1. The summed E-state index contributed by atoms with van der Waals surface area (Å²) in [7, 11) is 0. The van der Waals surface area contributed by atoms with Gasteiger partial charge in [0.1, 0.15) is 0 Å². The van der Waals surface area contributed by atoms with Gasteiger partial charge in [0.05, 0.1) is 11.6 Å².